The van der Waals surface area contributed by atoms with Crippen molar-refractivity contribution in [3.63, 3.8) is 0 Å². The molecule has 1 aliphatic carbocycles. The number of amides is 3. The van der Waals surface area contributed by atoms with Crippen LogP contribution in [0.15, 0.2) is 35.1 Å². The number of aryl methyl sites for hydroxylation is 1. The lowest BCUT2D eigenvalue weighted by Gasteiger charge is -2.37. The third-order valence-corrected chi connectivity index (χ3v) is 8.32. The Bertz CT molecular complexity index is 1480. The molecule has 5 atom stereocenters. The van der Waals surface area contributed by atoms with E-state index in [0.29, 0.717) is 16.5 Å². The SMILES string of the molecule is Cn1c(=O)cc(C(C#N)NC(=O)[C@@H]2[C@@H]3[C@H](CN2C(=O)C(NC(=O)C(F)(F)F)C(C)(C)C)C3(C)C)c2ccccc21. The number of nitrogens with one attached hydrogen (secondary N) is 2. The minimum absolute atomic E-state index is 0.0866. The number of pyridine rings is 1. The van der Waals surface area contributed by atoms with Gasteiger partial charge in [0.2, 0.25) is 11.8 Å². The number of fused-ring (bicyclic) bond motifs is 2. The highest BCUT2D eigenvalue weighted by atomic mass is 19.4. The topological polar surface area (TPSA) is 124 Å². The molecule has 2 aromatic rings. The van der Waals surface area contributed by atoms with Crippen LogP contribution in [0, 0.1) is 34.0 Å². The minimum Gasteiger partial charge on any atom is -0.336 e. The number of piperidine rings is 1. The number of nitrogens with zero attached hydrogens (tertiary/aromatic N) is 3. The predicted octanol–water partition coefficient (Wildman–Crippen LogP) is 2.80. The van der Waals surface area contributed by atoms with Gasteiger partial charge in [0.1, 0.15) is 18.1 Å². The van der Waals surface area contributed by atoms with E-state index in [2.05, 4.69) is 5.32 Å². The van der Waals surface area contributed by atoms with Crippen LogP contribution in [0.3, 0.4) is 0 Å². The van der Waals surface area contributed by atoms with Crippen molar-refractivity contribution in [3.8, 4) is 6.07 Å². The van der Waals surface area contributed by atoms with Crippen LogP contribution in [0.1, 0.15) is 46.2 Å². The van der Waals surface area contributed by atoms with Gasteiger partial charge in [-0.25, -0.2) is 0 Å². The maximum atomic E-state index is 13.8. The summed E-state index contributed by atoms with van der Waals surface area (Å²) < 4.78 is 40.6. The van der Waals surface area contributed by atoms with Crippen LogP contribution in [-0.2, 0) is 21.4 Å². The van der Waals surface area contributed by atoms with Gasteiger partial charge in [0.25, 0.3) is 5.56 Å². The Morgan fingerprint density at radius 2 is 1.75 bits per heavy atom. The summed E-state index contributed by atoms with van der Waals surface area (Å²) in [6.07, 6.45) is -5.19. The first-order chi connectivity index (χ1) is 18.4. The Kier molecular flexibility index (Phi) is 7.02. The minimum atomic E-state index is -5.19. The van der Waals surface area contributed by atoms with Crippen LogP contribution in [0.5, 0.6) is 0 Å². The zero-order valence-corrected chi connectivity index (χ0v) is 23.1. The van der Waals surface area contributed by atoms with E-state index in [1.165, 1.54) is 36.3 Å². The second kappa shape index (κ2) is 9.64. The lowest BCUT2D eigenvalue weighted by Crippen LogP contribution is -2.60. The highest BCUT2D eigenvalue weighted by Crippen LogP contribution is 2.65. The highest BCUT2D eigenvalue weighted by Gasteiger charge is 2.70. The molecule has 1 aromatic carbocycles. The first-order valence-electron chi connectivity index (χ1n) is 12.9. The van der Waals surface area contributed by atoms with E-state index in [1.54, 1.807) is 31.3 Å². The fourth-order valence-electron chi connectivity index (χ4n) is 5.92. The zero-order chi connectivity index (χ0) is 29.9. The summed E-state index contributed by atoms with van der Waals surface area (Å²) in [5.41, 5.74) is -0.934. The number of likely N-dealkylation sites (tertiary alicyclic amines) is 1. The molecular formula is C28H32F3N5O4. The van der Waals surface area contributed by atoms with Gasteiger partial charge in [-0.1, -0.05) is 52.8 Å². The van der Waals surface area contributed by atoms with Crippen LogP contribution >= 0.6 is 0 Å². The van der Waals surface area contributed by atoms with Crippen molar-refractivity contribution in [2.45, 2.75) is 58.9 Å². The number of carbonyl (C=O) groups is 3. The summed E-state index contributed by atoms with van der Waals surface area (Å²) >= 11 is 0. The molecule has 40 heavy (non-hydrogen) atoms. The molecule has 1 aromatic heterocycles. The summed E-state index contributed by atoms with van der Waals surface area (Å²) in [7, 11) is 1.59. The number of rotatable bonds is 5. The molecule has 3 amide bonds. The number of para-hydroxylation sites is 1. The highest BCUT2D eigenvalue weighted by molar-refractivity contribution is 5.95. The molecule has 2 heterocycles. The van der Waals surface area contributed by atoms with Crippen molar-refractivity contribution in [2.24, 2.45) is 29.7 Å². The molecule has 2 unspecified atom stereocenters. The molecule has 1 saturated carbocycles. The monoisotopic (exact) mass is 559 g/mol. The van der Waals surface area contributed by atoms with Crippen molar-refractivity contribution in [1.29, 1.82) is 5.26 Å². The van der Waals surface area contributed by atoms with Crippen molar-refractivity contribution in [3.05, 3.63) is 46.2 Å². The normalized spacial score (nSPS) is 23.1. The van der Waals surface area contributed by atoms with E-state index in [0.717, 1.165) is 0 Å². The molecular weight excluding hydrogens is 527 g/mol. The van der Waals surface area contributed by atoms with E-state index in [-0.39, 0.29) is 29.4 Å². The van der Waals surface area contributed by atoms with Gasteiger partial charge in [0, 0.05) is 30.6 Å². The lowest BCUT2D eigenvalue weighted by atomic mass is 9.85. The second-order valence-electron chi connectivity index (χ2n) is 12.2. The number of aromatic nitrogens is 1. The summed E-state index contributed by atoms with van der Waals surface area (Å²) in [6, 6.07) is 6.37. The van der Waals surface area contributed by atoms with Crippen LogP contribution < -0.4 is 16.2 Å². The molecule has 1 aliphatic heterocycles. The number of hydrogen-bond acceptors (Lipinski definition) is 5. The van der Waals surface area contributed by atoms with Crippen LogP contribution in [0.2, 0.25) is 0 Å². The number of halogens is 3. The third-order valence-electron chi connectivity index (χ3n) is 8.32. The summed E-state index contributed by atoms with van der Waals surface area (Å²) in [6.45, 7) is 8.56. The molecule has 1 saturated heterocycles. The Labute approximate surface area is 229 Å². The standard InChI is InChI=1S/C28H32F3N5O4/c1-26(2,3)22(34-25(40)28(29,30)31)24(39)36-13-16-20(27(16,4)5)21(36)23(38)33-17(12-32)15-11-19(37)35(6)18-10-8-7-9-14(15)18/h7-11,16-17,20-22H,13H2,1-6H3,(H,33,38)(H,34,40)/t16-,17?,20-,21-,22?/m0/s1. The predicted molar refractivity (Wildman–Crippen MR) is 139 cm³/mol. The first-order valence-corrected chi connectivity index (χ1v) is 12.9. The maximum Gasteiger partial charge on any atom is 0.471 e. The molecule has 2 N–H and O–H groups in total. The smallest absolute Gasteiger partial charge is 0.336 e. The average Bonchev–Trinajstić information content (AvgIpc) is 3.19. The van der Waals surface area contributed by atoms with Gasteiger partial charge in [-0.2, -0.15) is 18.4 Å². The molecule has 12 heteroatoms. The van der Waals surface area contributed by atoms with Gasteiger partial charge in [0.05, 0.1) is 11.6 Å². The van der Waals surface area contributed by atoms with E-state index < -0.39 is 47.4 Å². The van der Waals surface area contributed by atoms with E-state index >= 15 is 0 Å². The van der Waals surface area contributed by atoms with E-state index in [4.69, 9.17) is 0 Å². The number of carbonyl (C=O) groups excluding carboxylic acids is 3. The van der Waals surface area contributed by atoms with E-state index in [9.17, 15) is 37.6 Å². The molecule has 0 bridgehead atoms. The molecule has 0 spiro atoms. The largest absolute Gasteiger partial charge is 0.471 e. The fourth-order valence-corrected chi connectivity index (χ4v) is 5.92. The van der Waals surface area contributed by atoms with Gasteiger partial charge in [-0.05, 0) is 28.7 Å². The van der Waals surface area contributed by atoms with Crippen molar-refractivity contribution < 1.29 is 27.6 Å². The average molecular weight is 560 g/mol. The Morgan fingerprint density at radius 1 is 1.12 bits per heavy atom. The van der Waals surface area contributed by atoms with Crippen molar-refractivity contribution in [2.75, 3.05) is 6.54 Å². The van der Waals surface area contributed by atoms with Gasteiger partial charge < -0.3 is 20.1 Å². The van der Waals surface area contributed by atoms with Gasteiger partial charge in [-0.15, -0.1) is 0 Å². The van der Waals surface area contributed by atoms with Gasteiger partial charge in [0.15, 0.2) is 0 Å². The molecule has 2 fully saturated rings. The number of hydrogen-bond donors (Lipinski definition) is 2. The summed E-state index contributed by atoms with van der Waals surface area (Å²) in [4.78, 5) is 53.1. The molecule has 4 rings (SSSR count). The number of alkyl halides is 3. The molecule has 0 radical (unpaired) electrons. The summed E-state index contributed by atoms with van der Waals surface area (Å²) in [5.74, 6) is -4.08. The Balaban J connectivity index is 1.67. The zero-order valence-electron chi connectivity index (χ0n) is 23.1. The summed E-state index contributed by atoms with van der Waals surface area (Å²) in [5, 5.41) is 15.1. The van der Waals surface area contributed by atoms with Crippen LogP contribution in [0.4, 0.5) is 13.2 Å². The van der Waals surface area contributed by atoms with Crippen LogP contribution in [-0.4, -0.2) is 52.0 Å². The van der Waals surface area contributed by atoms with Crippen LogP contribution in [0.25, 0.3) is 10.9 Å². The third kappa shape index (κ3) is 4.93. The molecule has 2 aliphatic rings. The lowest BCUT2D eigenvalue weighted by molar-refractivity contribution is -0.176. The molecule has 9 nitrogen and oxygen atoms in total. The van der Waals surface area contributed by atoms with Gasteiger partial charge >= 0.3 is 12.1 Å². The fraction of sp³-hybridized carbons (Fsp3) is 0.536. The number of nitriles is 1. The van der Waals surface area contributed by atoms with Crippen molar-refractivity contribution in [1.82, 2.24) is 20.1 Å². The Hall–Kier alpha value is -3.88. The quantitative estimate of drug-likeness (QED) is 0.583. The maximum absolute atomic E-state index is 13.8. The molecule has 214 valence electrons. The number of benzene rings is 1. The van der Waals surface area contributed by atoms with E-state index in [1.807, 2.05) is 25.2 Å². The van der Waals surface area contributed by atoms with Gasteiger partial charge in [-0.3, -0.25) is 19.2 Å². The Morgan fingerprint density at radius 3 is 2.33 bits per heavy atom. The van der Waals surface area contributed by atoms with Crippen molar-refractivity contribution >= 4 is 28.6 Å². The first kappa shape index (κ1) is 29.1. The second-order valence-corrected chi connectivity index (χ2v) is 12.2.